The van der Waals surface area contributed by atoms with E-state index in [0.717, 1.165) is 12.0 Å². The largest absolute Gasteiger partial charge is 0.367 e. The van der Waals surface area contributed by atoms with Gasteiger partial charge in [0.25, 0.3) is 0 Å². The summed E-state index contributed by atoms with van der Waals surface area (Å²) in [5.74, 6) is 2.04. The number of hydrogen-bond donors (Lipinski definition) is 0. The van der Waals surface area contributed by atoms with Crippen LogP contribution < -0.4 is 4.90 Å². The number of anilines is 1. The van der Waals surface area contributed by atoms with Gasteiger partial charge in [-0.05, 0) is 43.2 Å². The number of hydrogen-bond acceptors (Lipinski definition) is 3. The Morgan fingerprint density at radius 2 is 2.13 bits per heavy atom. The van der Waals surface area contributed by atoms with Crippen molar-refractivity contribution in [2.45, 2.75) is 62.3 Å². The van der Waals surface area contributed by atoms with Crippen molar-refractivity contribution in [1.29, 1.82) is 0 Å². The topological polar surface area (TPSA) is 6.48 Å². The van der Waals surface area contributed by atoms with Crippen LogP contribution >= 0.6 is 11.8 Å². The maximum absolute atomic E-state index is 2.78. The van der Waals surface area contributed by atoms with Gasteiger partial charge in [0.2, 0.25) is 0 Å². The van der Waals surface area contributed by atoms with Crippen molar-refractivity contribution in [1.82, 2.24) is 4.90 Å². The van der Waals surface area contributed by atoms with Crippen LogP contribution in [0.25, 0.3) is 0 Å². The fourth-order valence-corrected chi connectivity index (χ4v) is 5.81. The quantitative estimate of drug-likeness (QED) is 0.720. The maximum Gasteiger partial charge on any atom is 0.0543 e. The molecule has 0 spiro atoms. The van der Waals surface area contributed by atoms with Crippen molar-refractivity contribution < 1.29 is 0 Å². The predicted octanol–water partition coefficient (Wildman–Crippen LogP) is 4.74. The highest BCUT2D eigenvalue weighted by molar-refractivity contribution is 7.99. The first-order valence-electron chi connectivity index (χ1n) is 9.63. The minimum Gasteiger partial charge on any atom is -0.367 e. The monoisotopic (exact) mass is 330 g/mol. The van der Waals surface area contributed by atoms with E-state index >= 15 is 0 Å². The molecule has 126 valence electrons. The van der Waals surface area contributed by atoms with E-state index in [4.69, 9.17) is 0 Å². The molecular weight excluding hydrogens is 300 g/mol. The lowest BCUT2D eigenvalue weighted by molar-refractivity contribution is 0.190. The Labute approximate surface area is 145 Å². The summed E-state index contributed by atoms with van der Waals surface area (Å²) in [5, 5.41) is 0. The highest BCUT2D eigenvalue weighted by Crippen LogP contribution is 2.50. The van der Waals surface area contributed by atoms with E-state index < -0.39 is 0 Å². The molecule has 1 saturated heterocycles. The fraction of sp³-hybridized carbons (Fsp3) is 0.700. The molecule has 0 aliphatic carbocycles. The van der Waals surface area contributed by atoms with Gasteiger partial charge in [0.05, 0.1) is 5.69 Å². The molecule has 0 aromatic heterocycles. The zero-order valence-corrected chi connectivity index (χ0v) is 15.3. The van der Waals surface area contributed by atoms with Gasteiger partial charge >= 0.3 is 0 Å². The number of rotatable bonds is 5. The molecule has 0 bridgehead atoms. The van der Waals surface area contributed by atoms with Crippen molar-refractivity contribution in [3.05, 3.63) is 23.8 Å². The van der Waals surface area contributed by atoms with E-state index in [2.05, 4.69) is 46.7 Å². The highest BCUT2D eigenvalue weighted by Gasteiger charge is 2.42. The van der Waals surface area contributed by atoms with Crippen molar-refractivity contribution >= 4 is 17.4 Å². The summed E-state index contributed by atoms with van der Waals surface area (Å²) in [4.78, 5) is 7.07. The van der Waals surface area contributed by atoms with Crippen LogP contribution in [0, 0.1) is 0 Å². The van der Waals surface area contributed by atoms with E-state index in [1.807, 2.05) is 0 Å². The molecule has 23 heavy (non-hydrogen) atoms. The molecule has 3 aliphatic heterocycles. The molecule has 2 nitrogen and oxygen atoms in total. The Bertz CT molecular complexity index is 544. The lowest BCUT2D eigenvalue weighted by Gasteiger charge is -2.39. The smallest absolute Gasteiger partial charge is 0.0543 e. The summed E-state index contributed by atoms with van der Waals surface area (Å²) in [5.41, 5.74) is 3.26. The van der Waals surface area contributed by atoms with Crippen LogP contribution in [0.3, 0.4) is 0 Å². The van der Waals surface area contributed by atoms with Crippen molar-refractivity contribution in [3.63, 3.8) is 0 Å². The van der Waals surface area contributed by atoms with Crippen LogP contribution in [0.4, 0.5) is 5.69 Å². The molecule has 2 unspecified atom stereocenters. The second kappa shape index (κ2) is 7.06. The van der Waals surface area contributed by atoms with Crippen LogP contribution in [0.2, 0.25) is 0 Å². The summed E-state index contributed by atoms with van der Waals surface area (Å²) in [6.45, 7) is 7.48. The summed E-state index contributed by atoms with van der Waals surface area (Å²) in [7, 11) is 0. The zero-order valence-electron chi connectivity index (χ0n) is 14.5. The minimum absolute atomic E-state index is 0.753. The Balaban J connectivity index is 1.50. The molecule has 3 heteroatoms. The van der Waals surface area contributed by atoms with E-state index in [1.165, 1.54) is 70.5 Å². The first-order valence-corrected chi connectivity index (χ1v) is 10.6. The van der Waals surface area contributed by atoms with Gasteiger partial charge in [-0.25, -0.2) is 0 Å². The van der Waals surface area contributed by atoms with E-state index in [0.29, 0.717) is 0 Å². The average Bonchev–Trinajstić information content (AvgIpc) is 2.75. The maximum atomic E-state index is 2.78. The van der Waals surface area contributed by atoms with Crippen molar-refractivity contribution in [3.8, 4) is 0 Å². The summed E-state index contributed by atoms with van der Waals surface area (Å²) < 4.78 is 0. The molecule has 3 heterocycles. The van der Waals surface area contributed by atoms with Crippen molar-refractivity contribution in [2.24, 2.45) is 0 Å². The average molecular weight is 331 g/mol. The third-order valence-corrected chi connectivity index (χ3v) is 7.04. The van der Waals surface area contributed by atoms with Gasteiger partial charge in [-0.2, -0.15) is 0 Å². The lowest BCUT2D eigenvalue weighted by Crippen LogP contribution is -2.46. The van der Waals surface area contributed by atoms with Gasteiger partial charge in [-0.1, -0.05) is 38.3 Å². The number of fused-ring (bicyclic) bond motifs is 3. The molecule has 3 aliphatic rings. The van der Waals surface area contributed by atoms with E-state index in [-0.39, 0.29) is 0 Å². The van der Waals surface area contributed by atoms with Crippen molar-refractivity contribution in [2.75, 3.05) is 36.8 Å². The number of nitrogens with zero attached hydrogens (tertiary/aromatic N) is 2. The van der Waals surface area contributed by atoms with Gasteiger partial charge in [-0.15, -0.1) is 11.8 Å². The van der Waals surface area contributed by atoms with Gasteiger partial charge in [0.1, 0.15) is 0 Å². The van der Waals surface area contributed by atoms with Crippen LogP contribution in [0.5, 0.6) is 0 Å². The number of benzene rings is 1. The van der Waals surface area contributed by atoms with Gasteiger partial charge in [0.15, 0.2) is 0 Å². The Morgan fingerprint density at radius 3 is 3.04 bits per heavy atom. The SMILES string of the molecule is CCCCCCN1CCC2C(C1)c1cccc3c1N2CCCS3. The third kappa shape index (κ3) is 3.02. The molecule has 1 aromatic rings. The van der Waals surface area contributed by atoms with Crippen LogP contribution in [0.1, 0.15) is 56.9 Å². The highest BCUT2D eigenvalue weighted by atomic mass is 32.2. The Kier molecular flexibility index (Phi) is 4.86. The van der Waals surface area contributed by atoms with Gasteiger partial charge < -0.3 is 9.80 Å². The fourth-order valence-electron chi connectivity index (χ4n) is 4.77. The van der Waals surface area contributed by atoms with E-state index in [1.54, 1.807) is 16.1 Å². The summed E-state index contributed by atoms with van der Waals surface area (Å²) >= 11 is 2.08. The van der Waals surface area contributed by atoms with E-state index in [9.17, 15) is 0 Å². The van der Waals surface area contributed by atoms with Gasteiger partial charge in [-0.3, -0.25) is 0 Å². The lowest BCUT2D eigenvalue weighted by atomic mass is 9.89. The molecule has 1 aromatic carbocycles. The predicted molar refractivity (Wildman–Crippen MR) is 101 cm³/mol. The summed E-state index contributed by atoms with van der Waals surface area (Å²) in [6, 6.07) is 7.84. The third-order valence-electron chi connectivity index (χ3n) is 5.91. The van der Waals surface area contributed by atoms with Crippen LogP contribution in [-0.2, 0) is 0 Å². The summed E-state index contributed by atoms with van der Waals surface area (Å²) in [6.07, 6.45) is 8.23. The number of likely N-dealkylation sites (tertiary alicyclic amines) is 1. The minimum atomic E-state index is 0.753. The number of para-hydroxylation sites is 1. The second-order valence-electron chi connectivity index (χ2n) is 7.41. The van der Waals surface area contributed by atoms with Crippen LogP contribution in [-0.4, -0.2) is 42.9 Å². The Hall–Kier alpha value is -0.670. The second-order valence-corrected chi connectivity index (χ2v) is 8.55. The number of unbranched alkanes of at least 4 members (excludes halogenated alkanes) is 3. The first-order chi connectivity index (χ1) is 11.4. The molecule has 2 atom stereocenters. The molecule has 0 N–H and O–H groups in total. The molecule has 0 amide bonds. The number of thioether (sulfide) groups is 1. The number of piperidine rings is 1. The normalized spacial score (nSPS) is 26.7. The molecule has 1 fully saturated rings. The Morgan fingerprint density at radius 1 is 1.17 bits per heavy atom. The van der Waals surface area contributed by atoms with Gasteiger partial charge in [0, 0.05) is 36.5 Å². The molecule has 4 rings (SSSR count). The standard InChI is InChI=1S/C20H30N2S/c1-2-3-4-5-11-21-13-10-18-17(15-21)16-8-6-9-19-20(16)22(18)12-7-14-23-19/h6,8-9,17-18H,2-5,7,10-15H2,1H3. The van der Waals surface area contributed by atoms with Crippen LogP contribution in [0.15, 0.2) is 23.1 Å². The zero-order chi connectivity index (χ0) is 15.6. The molecular formula is C20H30N2S. The molecule has 0 radical (unpaired) electrons. The molecule has 0 saturated carbocycles. The first kappa shape index (κ1) is 15.8.